The number of fused-ring (bicyclic) bond motifs is 1. The van der Waals surface area contributed by atoms with Crippen molar-refractivity contribution >= 4 is 11.6 Å². The maximum absolute atomic E-state index is 12.5. The van der Waals surface area contributed by atoms with E-state index in [0.29, 0.717) is 6.04 Å². The van der Waals surface area contributed by atoms with Crippen LogP contribution in [0.1, 0.15) is 50.6 Å². The summed E-state index contributed by atoms with van der Waals surface area (Å²) in [5, 5.41) is 3.21. The zero-order chi connectivity index (χ0) is 14.8. The van der Waals surface area contributed by atoms with Crippen molar-refractivity contribution in [2.75, 3.05) is 11.4 Å². The molecule has 1 fully saturated rings. The molecular weight excluding hydrogens is 262 g/mol. The summed E-state index contributed by atoms with van der Waals surface area (Å²) in [5.41, 5.74) is 8.46. The molecule has 0 bridgehead atoms. The number of para-hydroxylation sites is 1. The maximum atomic E-state index is 12.5. The van der Waals surface area contributed by atoms with Crippen molar-refractivity contribution in [3.8, 4) is 0 Å². The molecule has 1 aliphatic carbocycles. The van der Waals surface area contributed by atoms with E-state index in [1.807, 2.05) is 19.1 Å². The number of carbonyl (C=O) groups is 1. The lowest BCUT2D eigenvalue weighted by molar-refractivity contribution is -0.122. The standard InChI is InChI=1S/C17H25N3O/c1-12(17(21)19-13-6-2-3-7-13)20-11-10-15(18)14-8-4-5-9-16(14)20/h4-5,8-9,12-13,15H,2-3,6-7,10-11,18H2,1H3,(H,19,21). The van der Waals surface area contributed by atoms with E-state index in [2.05, 4.69) is 22.3 Å². The molecule has 0 radical (unpaired) electrons. The van der Waals surface area contributed by atoms with Crippen LogP contribution >= 0.6 is 0 Å². The van der Waals surface area contributed by atoms with Gasteiger partial charge in [-0.3, -0.25) is 4.79 Å². The molecule has 1 aromatic rings. The number of nitrogens with two attached hydrogens (primary N) is 1. The molecule has 1 aliphatic heterocycles. The van der Waals surface area contributed by atoms with Crippen LogP contribution in [0.4, 0.5) is 5.69 Å². The summed E-state index contributed by atoms with van der Waals surface area (Å²) in [6.07, 6.45) is 5.62. The van der Waals surface area contributed by atoms with Gasteiger partial charge in [0.15, 0.2) is 0 Å². The molecule has 0 saturated heterocycles. The van der Waals surface area contributed by atoms with E-state index in [1.54, 1.807) is 0 Å². The Morgan fingerprint density at radius 3 is 2.76 bits per heavy atom. The molecule has 3 N–H and O–H groups in total. The molecule has 114 valence electrons. The molecule has 0 spiro atoms. The number of nitrogens with one attached hydrogen (secondary N) is 1. The third-order valence-corrected chi connectivity index (χ3v) is 4.88. The molecule has 1 amide bonds. The summed E-state index contributed by atoms with van der Waals surface area (Å²) >= 11 is 0. The van der Waals surface area contributed by atoms with Crippen molar-refractivity contribution in [2.24, 2.45) is 5.73 Å². The largest absolute Gasteiger partial charge is 0.359 e. The maximum Gasteiger partial charge on any atom is 0.242 e. The SMILES string of the molecule is CC(C(=O)NC1CCCC1)N1CCC(N)c2ccccc21. The fraction of sp³-hybridized carbons (Fsp3) is 0.588. The number of nitrogens with zero attached hydrogens (tertiary/aromatic N) is 1. The first-order valence-electron chi connectivity index (χ1n) is 8.08. The van der Waals surface area contributed by atoms with Crippen molar-refractivity contribution in [1.29, 1.82) is 0 Å². The molecule has 1 aromatic carbocycles. The molecule has 1 heterocycles. The Kier molecular flexibility index (Phi) is 4.15. The van der Waals surface area contributed by atoms with Gasteiger partial charge in [-0.1, -0.05) is 31.0 Å². The molecule has 2 unspecified atom stereocenters. The molecule has 2 aliphatic rings. The predicted octanol–water partition coefficient (Wildman–Crippen LogP) is 2.34. The lowest BCUT2D eigenvalue weighted by Crippen LogP contribution is -2.50. The van der Waals surface area contributed by atoms with Gasteiger partial charge < -0.3 is 16.0 Å². The molecule has 4 nitrogen and oxygen atoms in total. The van der Waals surface area contributed by atoms with Gasteiger partial charge in [0, 0.05) is 24.3 Å². The zero-order valence-electron chi connectivity index (χ0n) is 12.7. The van der Waals surface area contributed by atoms with Gasteiger partial charge in [-0.05, 0) is 37.8 Å². The van der Waals surface area contributed by atoms with Crippen LogP contribution in [-0.2, 0) is 4.79 Å². The third kappa shape index (κ3) is 2.91. The van der Waals surface area contributed by atoms with Gasteiger partial charge >= 0.3 is 0 Å². The minimum absolute atomic E-state index is 0.0857. The van der Waals surface area contributed by atoms with E-state index in [4.69, 9.17) is 5.73 Å². The van der Waals surface area contributed by atoms with Crippen LogP contribution < -0.4 is 16.0 Å². The average Bonchev–Trinajstić information content (AvgIpc) is 3.00. The monoisotopic (exact) mass is 287 g/mol. The summed E-state index contributed by atoms with van der Waals surface area (Å²) < 4.78 is 0. The number of anilines is 1. The Balaban J connectivity index is 1.74. The van der Waals surface area contributed by atoms with Crippen LogP contribution in [0, 0.1) is 0 Å². The molecule has 2 atom stereocenters. The number of hydrogen-bond donors (Lipinski definition) is 2. The normalized spacial score (nSPS) is 23.7. The molecule has 21 heavy (non-hydrogen) atoms. The van der Waals surface area contributed by atoms with Crippen LogP contribution in [0.2, 0.25) is 0 Å². The Morgan fingerprint density at radius 2 is 2.00 bits per heavy atom. The Bertz CT molecular complexity index is 511. The van der Waals surface area contributed by atoms with E-state index in [1.165, 1.54) is 12.8 Å². The van der Waals surface area contributed by atoms with Crippen molar-refractivity contribution in [3.63, 3.8) is 0 Å². The Labute approximate surface area is 126 Å². The number of benzene rings is 1. The minimum atomic E-state index is -0.140. The second-order valence-electron chi connectivity index (χ2n) is 6.31. The van der Waals surface area contributed by atoms with Gasteiger partial charge in [0.25, 0.3) is 0 Å². The fourth-order valence-corrected chi connectivity index (χ4v) is 3.55. The number of amides is 1. The van der Waals surface area contributed by atoms with Crippen molar-refractivity contribution in [1.82, 2.24) is 5.32 Å². The van der Waals surface area contributed by atoms with Gasteiger partial charge in [0.05, 0.1) is 0 Å². The Hall–Kier alpha value is -1.55. The fourth-order valence-electron chi connectivity index (χ4n) is 3.55. The van der Waals surface area contributed by atoms with Gasteiger partial charge in [-0.2, -0.15) is 0 Å². The van der Waals surface area contributed by atoms with Crippen LogP contribution in [0.15, 0.2) is 24.3 Å². The molecular formula is C17H25N3O. The zero-order valence-corrected chi connectivity index (χ0v) is 12.7. The minimum Gasteiger partial charge on any atom is -0.359 e. The number of rotatable bonds is 3. The van der Waals surface area contributed by atoms with Gasteiger partial charge in [-0.25, -0.2) is 0 Å². The first-order valence-corrected chi connectivity index (χ1v) is 8.08. The lowest BCUT2D eigenvalue weighted by atomic mass is 9.96. The third-order valence-electron chi connectivity index (χ3n) is 4.88. The summed E-state index contributed by atoms with van der Waals surface area (Å²) in [6.45, 7) is 2.84. The molecule has 3 rings (SSSR count). The summed E-state index contributed by atoms with van der Waals surface area (Å²) in [6, 6.07) is 8.52. The molecule has 1 saturated carbocycles. The highest BCUT2D eigenvalue weighted by molar-refractivity contribution is 5.85. The second-order valence-corrected chi connectivity index (χ2v) is 6.31. The summed E-state index contributed by atoms with van der Waals surface area (Å²) in [7, 11) is 0. The Morgan fingerprint density at radius 1 is 1.29 bits per heavy atom. The molecule has 4 heteroatoms. The van der Waals surface area contributed by atoms with Crippen molar-refractivity contribution in [2.45, 2.75) is 57.2 Å². The van der Waals surface area contributed by atoms with Crippen LogP contribution in [0.5, 0.6) is 0 Å². The quantitative estimate of drug-likeness (QED) is 0.897. The van der Waals surface area contributed by atoms with Gasteiger partial charge in [0.1, 0.15) is 6.04 Å². The average molecular weight is 287 g/mol. The number of hydrogen-bond acceptors (Lipinski definition) is 3. The van der Waals surface area contributed by atoms with Crippen LogP contribution in [0.3, 0.4) is 0 Å². The highest BCUT2D eigenvalue weighted by atomic mass is 16.2. The van der Waals surface area contributed by atoms with E-state index >= 15 is 0 Å². The van der Waals surface area contributed by atoms with E-state index in [-0.39, 0.29) is 18.0 Å². The highest BCUT2D eigenvalue weighted by Gasteiger charge is 2.30. The van der Waals surface area contributed by atoms with E-state index in [0.717, 1.165) is 37.1 Å². The van der Waals surface area contributed by atoms with Crippen LogP contribution in [-0.4, -0.2) is 24.5 Å². The second kappa shape index (κ2) is 6.06. The lowest BCUT2D eigenvalue weighted by Gasteiger charge is -2.38. The summed E-state index contributed by atoms with van der Waals surface area (Å²) in [5.74, 6) is 0.146. The number of carbonyl (C=O) groups excluding carboxylic acids is 1. The van der Waals surface area contributed by atoms with Crippen molar-refractivity contribution < 1.29 is 4.79 Å². The van der Waals surface area contributed by atoms with E-state index in [9.17, 15) is 4.79 Å². The summed E-state index contributed by atoms with van der Waals surface area (Å²) in [4.78, 5) is 14.7. The van der Waals surface area contributed by atoms with E-state index < -0.39 is 0 Å². The smallest absolute Gasteiger partial charge is 0.242 e. The van der Waals surface area contributed by atoms with Gasteiger partial charge in [0.2, 0.25) is 5.91 Å². The topological polar surface area (TPSA) is 58.4 Å². The first kappa shape index (κ1) is 14.4. The highest BCUT2D eigenvalue weighted by Crippen LogP contribution is 2.33. The van der Waals surface area contributed by atoms with Gasteiger partial charge in [-0.15, -0.1) is 0 Å². The van der Waals surface area contributed by atoms with Crippen LogP contribution in [0.25, 0.3) is 0 Å². The predicted molar refractivity (Wildman–Crippen MR) is 85.2 cm³/mol. The molecule has 0 aromatic heterocycles. The van der Waals surface area contributed by atoms with Crippen molar-refractivity contribution in [3.05, 3.63) is 29.8 Å². The first-order chi connectivity index (χ1) is 10.2.